The van der Waals surface area contributed by atoms with Gasteiger partial charge in [0.2, 0.25) is 21.8 Å². The number of ether oxygens (including phenoxy) is 1. The lowest BCUT2D eigenvalue weighted by atomic mass is 10.0. The van der Waals surface area contributed by atoms with Crippen molar-refractivity contribution in [1.82, 2.24) is 10.2 Å². The number of nitrogens with one attached hydrogen (secondary N) is 1. The Hall–Kier alpha value is -3.56. The average Bonchev–Trinajstić information content (AvgIpc) is 2.97. The highest BCUT2D eigenvalue weighted by molar-refractivity contribution is 7.92. The number of halogens is 1. The van der Waals surface area contributed by atoms with Gasteiger partial charge in [-0.15, -0.1) is 0 Å². The molecule has 8 nitrogen and oxygen atoms in total. The van der Waals surface area contributed by atoms with Crippen LogP contribution in [-0.2, 0) is 32.6 Å². The minimum Gasteiger partial charge on any atom is -0.494 e. The molecular formula is C33H42ClN3O5S. The molecule has 3 aromatic rings. The van der Waals surface area contributed by atoms with Crippen molar-refractivity contribution in [2.75, 3.05) is 23.7 Å². The van der Waals surface area contributed by atoms with Gasteiger partial charge in [-0.25, -0.2) is 8.42 Å². The van der Waals surface area contributed by atoms with Gasteiger partial charge in [0.15, 0.2) is 0 Å². The van der Waals surface area contributed by atoms with Gasteiger partial charge in [0.25, 0.3) is 0 Å². The molecule has 0 aliphatic rings. The van der Waals surface area contributed by atoms with E-state index < -0.39 is 16.1 Å². The Balaban J connectivity index is 1.87. The van der Waals surface area contributed by atoms with E-state index in [-0.39, 0.29) is 43.8 Å². The smallest absolute Gasteiger partial charge is 0.243 e. The van der Waals surface area contributed by atoms with E-state index >= 15 is 0 Å². The third-order valence-corrected chi connectivity index (χ3v) is 8.53. The van der Waals surface area contributed by atoms with Crippen molar-refractivity contribution in [3.05, 3.63) is 95.0 Å². The minimum atomic E-state index is -3.61. The van der Waals surface area contributed by atoms with Crippen molar-refractivity contribution in [2.24, 2.45) is 0 Å². The van der Waals surface area contributed by atoms with E-state index in [4.69, 9.17) is 16.3 Å². The highest BCUT2D eigenvalue weighted by atomic mass is 35.5. The molecule has 0 aliphatic carbocycles. The summed E-state index contributed by atoms with van der Waals surface area (Å²) in [6.45, 7) is 6.59. The summed E-state index contributed by atoms with van der Waals surface area (Å²) in [5, 5.41) is 3.59. The predicted molar refractivity (Wildman–Crippen MR) is 173 cm³/mol. The molecule has 3 rings (SSSR count). The van der Waals surface area contributed by atoms with Crippen molar-refractivity contribution >= 4 is 39.1 Å². The standard InChI is InChI=1S/C33H42ClN3O5S/c1-5-25(3)35-33(39)31(23-26-12-8-7-9-13-26)36(24-27-14-10-15-28(34)22-27)32(38)16-11-21-37(43(4,40)41)29-17-19-30(20-18-29)42-6-2/h7-10,12-15,17-20,22,25,31H,5-6,11,16,21,23-24H2,1-4H3,(H,35,39)/t25-,31-/m1/s1. The molecule has 232 valence electrons. The molecule has 0 bridgehead atoms. The molecule has 0 aliphatic heterocycles. The summed E-state index contributed by atoms with van der Waals surface area (Å²) in [7, 11) is -3.61. The Kier molecular flexibility index (Phi) is 12.9. The summed E-state index contributed by atoms with van der Waals surface area (Å²) in [4.78, 5) is 29.2. The van der Waals surface area contributed by atoms with E-state index in [1.54, 1.807) is 41.3 Å². The van der Waals surface area contributed by atoms with Crippen molar-refractivity contribution < 1.29 is 22.7 Å². The molecule has 2 amide bonds. The van der Waals surface area contributed by atoms with E-state index in [2.05, 4.69) is 5.32 Å². The van der Waals surface area contributed by atoms with Gasteiger partial charge in [0, 0.05) is 37.0 Å². The summed E-state index contributed by atoms with van der Waals surface area (Å²) >= 11 is 6.26. The van der Waals surface area contributed by atoms with Crippen LogP contribution in [0.1, 0.15) is 51.2 Å². The minimum absolute atomic E-state index is 0.0471. The second kappa shape index (κ2) is 16.3. The molecule has 10 heteroatoms. The number of rotatable bonds is 16. The highest BCUT2D eigenvalue weighted by Gasteiger charge is 2.31. The first kappa shape index (κ1) is 33.9. The number of benzene rings is 3. The predicted octanol–water partition coefficient (Wildman–Crippen LogP) is 5.84. The Labute approximate surface area is 261 Å². The summed E-state index contributed by atoms with van der Waals surface area (Å²) in [5.41, 5.74) is 2.21. The van der Waals surface area contributed by atoms with Crippen LogP contribution in [-0.4, -0.2) is 56.6 Å². The first-order chi connectivity index (χ1) is 20.5. The number of sulfonamides is 1. The van der Waals surface area contributed by atoms with Gasteiger partial charge in [0.1, 0.15) is 11.8 Å². The number of hydrogen-bond donors (Lipinski definition) is 1. The zero-order valence-electron chi connectivity index (χ0n) is 25.3. The van der Waals surface area contributed by atoms with Crippen LogP contribution in [0.15, 0.2) is 78.9 Å². The summed E-state index contributed by atoms with van der Waals surface area (Å²) in [6.07, 6.45) is 2.53. The van der Waals surface area contributed by atoms with Crippen LogP contribution in [0.3, 0.4) is 0 Å². The number of carbonyl (C=O) groups excluding carboxylic acids is 2. The van der Waals surface area contributed by atoms with Gasteiger partial charge in [-0.05, 0) is 74.2 Å². The molecule has 0 spiro atoms. The fraction of sp³-hybridized carbons (Fsp3) is 0.394. The van der Waals surface area contributed by atoms with Gasteiger partial charge in [-0.2, -0.15) is 0 Å². The van der Waals surface area contributed by atoms with E-state index in [9.17, 15) is 18.0 Å². The van der Waals surface area contributed by atoms with Crippen molar-refractivity contribution in [3.8, 4) is 5.75 Å². The first-order valence-electron chi connectivity index (χ1n) is 14.6. The van der Waals surface area contributed by atoms with Crippen molar-refractivity contribution in [2.45, 2.75) is 65.1 Å². The summed E-state index contributed by atoms with van der Waals surface area (Å²) in [6, 6.07) is 22.8. The maximum atomic E-state index is 13.9. The Bertz CT molecular complexity index is 1430. The Morgan fingerprint density at radius 1 is 0.953 bits per heavy atom. The van der Waals surface area contributed by atoms with Gasteiger partial charge < -0.3 is 15.0 Å². The van der Waals surface area contributed by atoms with Crippen LogP contribution < -0.4 is 14.4 Å². The topological polar surface area (TPSA) is 96.0 Å². The number of hydrogen-bond acceptors (Lipinski definition) is 5. The SMILES string of the molecule is CCOc1ccc(N(CCCC(=O)N(Cc2cccc(Cl)c2)[C@H](Cc2ccccc2)C(=O)N[C@H](C)CC)S(C)(=O)=O)cc1. The van der Waals surface area contributed by atoms with Crippen LogP contribution in [0.4, 0.5) is 5.69 Å². The number of nitrogens with zero attached hydrogens (tertiary/aromatic N) is 2. The van der Waals surface area contributed by atoms with Crippen molar-refractivity contribution in [1.29, 1.82) is 0 Å². The lowest BCUT2D eigenvalue weighted by Gasteiger charge is -2.32. The van der Waals surface area contributed by atoms with E-state index in [1.807, 2.05) is 63.2 Å². The van der Waals surface area contributed by atoms with Crippen LogP contribution in [0.5, 0.6) is 5.75 Å². The van der Waals surface area contributed by atoms with Crippen LogP contribution in [0.2, 0.25) is 5.02 Å². The Morgan fingerprint density at radius 3 is 2.23 bits per heavy atom. The van der Waals surface area contributed by atoms with Gasteiger partial charge >= 0.3 is 0 Å². The highest BCUT2D eigenvalue weighted by Crippen LogP contribution is 2.23. The number of carbonyl (C=O) groups is 2. The van der Waals surface area contributed by atoms with Gasteiger partial charge in [-0.1, -0.05) is 61.0 Å². The molecule has 2 atom stereocenters. The lowest BCUT2D eigenvalue weighted by Crippen LogP contribution is -2.52. The molecule has 0 unspecified atom stereocenters. The van der Waals surface area contributed by atoms with Crippen LogP contribution >= 0.6 is 11.6 Å². The van der Waals surface area contributed by atoms with Crippen LogP contribution in [0, 0.1) is 0 Å². The molecule has 0 saturated heterocycles. The lowest BCUT2D eigenvalue weighted by molar-refractivity contribution is -0.141. The quantitative estimate of drug-likeness (QED) is 0.215. The third kappa shape index (κ3) is 10.6. The molecular weight excluding hydrogens is 586 g/mol. The molecule has 0 saturated carbocycles. The van der Waals surface area contributed by atoms with Gasteiger partial charge in [0.05, 0.1) is 18.6 Å². The number of amides is 2. The normalized spacial score (nSPS) is 12.7. The molecule has 3 aromatic carbocycles. The zero-order valence-corrected chi connectivity index (χ0v) is 26.9. The largest absolute Gasteiger partial charge is 0.494 e. The fourth-order valence-electron chi connectivity index (χ4n) is 4.71. The maximum absolute atomic E-state index is 13.9. The molecule has 1 N–H and O–H groups in total. The molecule has 0 radical (unpaired) electrons. The van der Waals surface area contributed by atoms with Crippen LogP contribution in [0.25, 0.3) is 0 Å². The number of anilines is 1. The molecule has 0 heterocycles. The van der Waals surface area contributed by atoms with Crippen molar-refractivity contribution in [3.63, 3.8) is 0 Å². The van der Waals surface area contributed by atoms with Gasteiger partial charge in [-0.3, -0.25) is 13.9 Å². The summed E-state index contributed by atoms with van der Waals surface area (Å²) < 4.78 is 32.1. The first-order valence-corrected chi connectivity index (χ1v) is 16.8. The Morgan fingerprint density at radius 2 is 1.63 bits per heavy atom. The van der Waals surface area contributed by atoms with E-state index in [0.29, 0.717) is 29.5 Å². The third-order valence-electron chi connectivity index (χ3n) is 7.10. The second-order valence-corrected chi connectivity index (χ2v) is 12.9. The maximum Gasteiger partial charge on any atom is 0.243 e. The molecule has 0 aromatic heterocycles. The van der Waals surface area contributed by atoms with E-state index in [0.717, 1.165) is 23.8 Å². The second-order valence-electron chi connectivity index (χ2n) is 10.5. The zero-order chi connectivity index (χ0) is 31.4. The monoisotopic (exact) mass is 627 g/mol. The summed E-state index contributed by atoms with van der Waals surface area (Å²) in [5.74, 6) is 0.160. The van der Waals surface area contributed by atoms with E-state index in [1.165, 1.54) is 4.31 Å². The average molecular weight is 628 g/mol. The fourth-order valence-corrected chi connectivity index (χ4v) is 5.88. The molecule has 43 heavy (non-hydrogen) atoms. The molecule has 0 fully saturated rings.